The van der Waals surface area contributed by atoms with Crippen LogP contribution in [0.15, 0.2) is 46.2 Å². The van der Waals surface area contributed by atoms with Crippen molar-refractivity contribution in [3.05, 3.63) is 47.0 Å². The standard InChI is InChI=1S/C22H28ClN3O6S2/c1-15-7-8-18(33(28,29)25(2)3)13-20(15)24-22(27)16-6-5-11-26(14-16)34(30,31)17-9-10-21(32-4)19(23)12-17/h7-10,12-13,16H,5-6,11,14H2,1-4H3,(H,24,27)/t16-/m0/s1. The van der Waals surface area contributed by atoms with E-state index in [9.17, 15) is 21.6 Å². The third kappa shape index (κ3) is 5.38. The number of ether oxygens (including phenoxy) is 1. The van der Waals surface area contributed by atoms with Crippen molar-refractivity contribution >= 4 is 43.2 Å². The SMILES string of the molecule is COc1ccc(S(=O)(=O)N2CCC[C@H](C(=O)Nc3cc(S(=O)(=O)N(C)C)ccc3C)C2)cc1Cl. The van der Waals surface area contributed by atoms with Gasteiger partial charge in [-0.25, -0.2) is 21.1 Å². The van der Waals surface area contributed by atoms with Gasteiger partial charge in [0.25, 0.3) is 0 Å². The van der Waals surface area contributed by atoms with Crippen molar-refractivity contribution in [3.63, 3.8) is 0 Å². The lowest BCUT2D eigenvalue weighted by Gasteiger charge is -2.31. The lowest BCUT2D eigenvalue weighted by molar-refractivity contribution is -0.120. The molecule has 1 fully saturated rings. The van der Waals surface area contributed by atoms with E-state index in [-0.39, 0.29) is 33.8 Å². The molecular formula is C22H28ClN3O6S2. The molecule has 1 amide bonds. The number of methoxy groups -OCH3 is 1. The van der Waals surface area contributed by atoms with Crippen LogP contribution in [0.5, 0.6) is 5.75 Å². The molecule has 1 aliphatic rings. The van der Waals surface area contributed by atoms with Crippen LogP contribution in [0, 0.1) is 12.8 Å². The van der Waals surface area contributed by atoms with Crippen LogP contribution in [0.25, 0.3) is 0 Å². The van der Waals surface area contributed by atoms with E-state index < -0.39 is 26.0 Å². The third-order valence-electron chi connectivity index (χ3n) is 5.76. The van der Waals surface area contributed by atoms with Crippen LogP contribution in [0.3, 0.4) is 0 Å². The van der Waals surface area contributed by atoms with Crippen LogP contribution in [0.1, 0.15) is 18.4 Å². The summed E-state index contributed by atoms with van der Waals surface area (Å²) in [4.78, 5) is 13.1. The smallest absolute Gasteiger partial charge is 0.243 e. The second kappa shape index (κ2) is 10.2. The maximum Gasteiger partial charge on any atom is 0.243 e. The molecule has 0 saturated carbocycles. The fourth-order valence-corrected chi connectivity index (χ4v) is 6.47. The predicted molar refractivity (Wildman–Crippen MR) is 130 cm³/mol. The van der Waals surface area contributed by atoms with Gasteiger partial charge in [-0.3, -0.25) is 4.79 Å². The summed E-state index contributed by atoms with van der Waals surface area (Å²) in [6.07, 6.45) is 1.02. The molecule has 0 aromatic heterocycles. The number of aryl methyl sites for hydroxylation is 1. The summed E-state index contributed by atoms with van der Waals surface area (Å²) in [6, 6.07) is 8.76. The Kier molecular flexibility index (Phi) is 7.93. The molecule has 12 heteroatoms. The van der Waals surface area contributed by atoms with Crippen LogP contribution in [-0.2, 0) is 24.8 Å². The number of halogens is 1. The molecule has 1 saturated heterocycles. The number of rotatable bonds is 7. The molecule has 0 spiro atoms. The number of nitrogens with zero attached hydrogens (tertiary/aromatic N) is 2. The van der Waals surface area contributed by atoms with Crippen molar-refractivity contribution in [3.8, 4) is 5.75 Å². The zero-order valence-corrected chi connectivity index (χ0v) is 21.8. The van der Waals surface area contributed by atoms with E-state index >= 15 is 0 Å². The first-order valence-electron chi connectivity index (χ1n) is 10.6. The van der Waals surface area contributed by atoms with Crippen molar-refractivity contribution < 1.29 is 26.4 Å². The van der Waals surface area contributed by atoms with Crippen LogP contribution >= 0.6 is 11.6 Å². The predicted octanol–water partition coefficient (Wildman–Crippen LogP) is 2.95. The Bertz CT molecular complexity index is 1300. The average Bonchev–Trinajstić information content (AvgIpc) is 2.80. The highest BCUT2D eigenvalue weighted by molar-refractivity contribution is 7.89. The summed E-state index contributed by atoms with van der Waals surface area (Å²) in [5.74, 6) is -0.591. The number of sulfonamides is 2. The topological polar surface area (TPSA) is 113 Å². The number of amides is 1. The molecule has 9 nitrogen and oxygen atoms in total. The molecule has 0 aliphatic carbocycles. The van der Waals surface area contributed by atoms with Gasteiger partial charge in [0.2, 0.25) is 26.0 Å². The summed E-state index contributed by atoms with van der Waals surface area (Å²) >= 11 is 6.11. The van der Waals surface area contributed by atoms with E-state index in [1.54, 1.807) is 13.0 Å². The Balaban J connectivity index is 1.79. The van der Waals surface area contributed by atoms with Crippen molar-refractivity contribution in [1.29, 1.82) is 0 Å². The Labute approximate surface area is 205 Å². The molecule has 1 aliphatic heterocycles. The first kappa shape index (κ1) is 26.4. The number of carbonyl (C=O) groups is 1. The van der Waals surface area contributed by atoms with Crippen molar-refractivity contribution in [1.82, 2.24) is 8.61 Å². The molecule has 0 radical (unpaired) electrons. The normalized spacial score (nSPS) is 17.5. The summed E-state index contributed by atoms with van der Waals surface area (Å²) in [6.45, 7) is 2.05. The number of nitrogens with one attached hydrogen (secondary N) is 1. The molecule has 0 bridgehead atoms. The van der Waals surface area contributed by atoms with Gasteiger partial charge in [0.05, 0.1) is 27.8 Å². The van der Waals surface area contributed by atoms with Gasteiger partial charge in [0.15, 0.2) is 0 Å². The lowest BCUT2D eigenvalue weighted by atomic mass is 9.98. The Morgan fingerprint density at radius 1 is 1.12 bits per heavy atom. The Hall–Kier alpha value is -2.18. The molecule has 1 heterocycles. The third-order valence-corrected chi connectivity index (χ3v) is 9.73. The fraction of sp³-hybridized carbons (Fsp3) is 0.409. The van der Waals surface area contributed by atoms with E-state index in [2.05, 4.69) is 5.32 Å². The highest BCUT2D eigenvalue weighted by atomic mass is 35.5. The van der Waals surface area contributed by atoms with Gasteiger partial charge in [-0.15, -0.1) is 0 Å². The van der Waals surface area contributed by atoms with Crippen LogP contribution in [-0.4, -0.2) is 65.6 Å². The Morgan fingerprint density at radius 2 is 1.79 bits per heavy atom. The molecule has 3 rings (SSSR count). The quantitative estimate of drug-likeness (QED) is 0.590. The van der Waals surface area contributed by atoms with Gasteiger partial charge in [-0.1, -0.05) is 17.7 Å². The highest BCUT2D eigenvalue weighted by Crippen LogP contribution is 2.31. The van der Waals surface area contributed by atoms with Gasteiger partial charge >= 0.3 is 0 Å². The van der Waals surface area contributed by atoms with Gasteiger partial charge < -0.3 is 10.1 Å². The van der Waals surface area contributed by atoms with Gasteiger partial charge in [-0.2, -0.15) is 4.31 Å². The molecule has 34 heavy (non-hydrogen) atoms. The van der Waals surface area contributed by atoms with E-state index in [1.165, 1.54) is 55.8 Å². The average molecular weight is 530 g/mol. The van der Waals surface area contributed by atoms with Crippen LogP contribution in [0.4, 0.5) is 5.69 Å². The summed E-state index contributed by atoms with van der Waals surface area (Å²) < 4.78 is 58.7. The maximum absolute atomic E-state index is 13.2. The number of piperidine rings is 1. The maximum atomic E-state index is 13.2. The summed E-state index contributed by atoms with van der Waals surface area (Å²) in [7, 11) is -3.23. The minimum absolute atomic E-state index is 0.00650. The summed E-state index contributed by atoms with van der Waals surface area (Å²) in [5.41, 5.74) is 1.06. The highest BCUT2D eigenvalue weighted by Gasteiger charge is 2.34. The summed E-state index contributed by atoms with van der Waals surface area (Å²) in [5, 5.41) is 2.96. The fourth-order valence-electron chi connectivity index (χ4n) is 3.67. The second-order valence-corrected chi connectivity index (χ2v) is 12.7. The number of anilines is 1. The van der Waals surface area contributed by atoms with Gasteiger partial charge in [-0.05, 0) is 55.7 Å². The minimum atomic E-state index is -3.86. The van der Waals surface area contributed by atoms with Crippen molar-refractivity contribution in [2.45, 2.75) is 29.6 Å². The van der Waals surface area contributed by atoms with Crippen molar-refractivity contribution in [2.24, 2.45) is 5.92 Å². The molecule has 0 unspecified atom stereocenters. The van der Waals surface area contributed by atoms with Gasteiger partial charge in [0.1, 0.15) is 5.75 Å². The number of hydrogen-bond acceptors (Lipinski definition) is 6. The number of carbonyl (C=O) groups excluding carboxylic acids is 1. The molecule has 2 aromatic rings. The molecule has 186 valence electrons. The largest absolute Gasteiger partial charge is 0.495 e. The first-order chi connectivity index (χ1) is 15.9. The molecule has 1 N–H and O–H groups in total. The number of hydrogen-bond donors (Lipinski definition) is 1. The Morgan fingerprint density at radius 3 is 2.41 bits per heavy atom. The van der Waals surface area contributed by atoms with E-state index in [1.807, 2.05) is 0 Å². The zero-order valence-electron chi connectivity index (χ0n) is 19.4. The molecule has 2 aromatic carbocycles. The lowest BCUT2D eigenvalue weighted by Crippen LogP contribution is -2.43. The monoisotopic (exact) mass is 529 g/mol. The van der Waals surface area contributed by atoms with Crippen LogP contribution < -0.4 is 10.1 Å². The van der Waals surface area contributed by atoms with E-state index in [0.717, 1.165) is 4.31 Å². The minimum Gasteiger partial charge on any atom is -0.495 e. The van der Waals surface area contributed by atoms with Crippen molar-refractivity contribution in [2.75, 3.05) is 39.6 Å². The first-order valence-corrected chi connectivity index (χ1v) is 13.8. The zero-order chi connectivity index (χ0) is 25.3. The van der Waals surface area contributed by atoms with E-state index in [4.69, 9.17) is 16.3 Å². The second-order valence-electron chi connectivity index (χ2n) is 8.25. The number of benzene rings is 2. The van der Waals surface area contributed by atoms with E-state index in [0.29, 0.717) is 29.8 Å². The van der Waals surface area contributed by atoms with Gasteiger partial charge in [0, 0.05) is 32.9 Å². The van der Waals surface area contributed by atoms with Crippen LogP contribution in [0.2, 0.25) is 5.02 Å². The molecule has 1 atom stereocenters. The molecular weight excluding hydrogens is 502 g/mol.